The SMILES string of the molecule is Cc1ccc(NC(=O)CNC(=O)c2ccc(F)cc2F)nc1. The Morgan fingerprint density at radius 3 is 2.59 bits per heavy atom. The highest BCUT2D eigenvalue weighted by Gasteiger charge is 2.13. The number of pyridine rings is 1. The lowest BCUT2D eigenvalue weighted by Crippen LogP contribution is -2.33. The zero-order chi connectivity index (χ0) is 16.1. The van der Waals surface area contributed by atoms with E-state index >= 15 is 0 Å². The average molecular weight is 305 g/mol. The van der Waals surface area contributed by atoms with E-state index in [0.717, 1.165) is 17.7 Å². The Bertz CT molecular complexity index is 702. The summed E-state index contributed by atoms with van der Waals surface area (Å²) in [4.78, 5) is 27.3. The molecule has 0 bridgehead atoms. The van der Waals surface area contributed by atoms with Crippen molar-refractivity contribution in [1.29, 1.82) is 0 Å². The van der Waals surface area contributed by atoms with Crippen LogP contribution < -0.4 is 10.6 Å². The summed E-state index contributed by atoms with van der Waals surface area (Å²) in [7, 11) is 0. The predicted molar refractivity (Wildman–Crippen MR) is 76.3 cm³/mol. The second-order valence-electron chi connectivity index (χ2n) is 4.58. The van der Waals surface area contributed by atoms with Gasteiger partial charge in [0.25, 0.3) is 5.91 Å². The van der Waals surface area contributed by atoms with Gasteiger partial charge in [-0.3, -0.25) is 9.59 Å². The van der Waals surface area contributed by atoms with Crippen LogP contribution in [0.1, 0.15) is 15.9 Å². The number of rotatable bonds is 4. The van der Waals surface area contributed by atoms with Crippen molar-refractivity contribution in [2.75, 3.05) is 11.9 Å². The average Bonchev–Trinajstić information content (AvgIpc) is 2.47. The van der Waals surface area contributed by atoms with Gasteiger partial charge in [0.2, 0.25) is 5.91 Å². The number of nitrogens with one attached hydrogen (secondary N) is 2. The lowest BCUT2D eigenvalue weighted by atomic mass is 10.2. The number of carbonyl (C=O) groups is 2. The third-order valence-corrected chi connectivity index (χ3v) is 2.76. The molecule has 2 rings (SSSR count). The molecule has 2 amide bonds. The van der Waals surface area contributed by atoms with Crippen molar-refractivity contribution in [3.8, 4) is 0 Å². The van der Waals surface area contributed by atoms with Crippen LogP contribution in [0.2, 0.25) is 0 Å². The minimum absolute atomic E-state index is 0.331. The number of benzene rings is 1. The first kappa shape index (κ1) is 15.6. The fourth-order valence-corrected chi connectivity index (χ4v) is 1.66. The molecular weight excluding hydrogens is 292 g/mol. The van der Waals surface area contributed by atoms with E-state index in [9.17, 15) is 18.4 Å². The summed E-state index contributed by atoms with van der Waals surface area (Å²) in [5.41, 5.74) is 0.612. The highest BCUT2D eigenvalue weighted by molar-refractivity contribution is 5.99. The van der Waals surface area contributed by atoms with Gasteiger partial charge in [-0.15, -0.1) is 0 Å². The molecule has 1 aromatic heterocycles. The molecule has 0 aliphatic carbocycles. The van der Waals surface area contributed by atoms with Crippen molar-refractivity contribution < 1.29 is 18.4 Å². The van der Waals surface area contributed by atoms with E-state index in [0.29, 0.717) is 11.9 Å². The number of halogens is 2. The van der Waals surface area contributed by atoms with Crippen LogP contribution in [-0.2, 0) is 4.79 Å². The first-order valence-corrected chi connectivity index (χ1v) is 6.41. The molecule has 1 aromatic carbocycles. The Hall–Kier alpha value is -2.83. The number of anilines is 1. The number of amides is 2. The maximum atomic E-state index is 13.4. The molecule has 0 atom stereocenters. The van der Waals surface area contributed by atoms with E-state index in [1.165, 1.54) is 0 Å². The number of aromatic nitrogens is 1. The van der Waals surface area contributed by atoms with Crippen molar-refractivity contribution in [3.63, 3.8) is 0 Å². The van der Waals surface area contributed by atoms with Crippen LogP contribution in [0.4, 0.5) is 14.6 Å². The summed E-state index contributed by atoms with van der Waals surface area (Å²) in [6, 6.07) is 5.97. The van der Waals surface area contributed by atoms with Crippen LogP contribution in [0.25, 0.3) is 0 Å². The molecule has 0 saturated carbocycles. The van der Waals surface area contributed by atoms with Crippen LogP contribution >= 0.6 is 0 Å². The number of hydrogen-bond acceptors (Lipinski definition) is 3. The van der Waals surface area contributed by atoms with Gasteiger partial charge in [0, 0.05) is 12.3 Å². The van der Waals surface area contributed by atoms with Crippen LogP contribution in [0.3, 0.4) is 0 Å². The van der Waals surface area contributed by atoms with Gasteiger partial charge in [-0.25, -0.2) is 13.8 Å². The van der Waals surface area contributed by atoms with Crippen LogP contribution in [-0.4, -0.2) is 23.3 Å². The third-order valence-electron chi connectivity index (χ3n) is 2.76. The summed E-state index contributed by atoms with van der Waals surface area (Å²) < 4.78 is 26.2. The lowest BCUT2D eigenvalue weighted by Gasteiger charge is -2.07. The summed E-state index contributed by atoms with van der Waals surface area (Å²) in [6.07, 6.45) is 1.59. The first-order valence-electron chi connectivity index (χ1n) is 6.41. The van der Waals surface area contributed by atoms with Gasteiger partial charge in [0.15, 0.2) is 0 Å². The van der Waals surface area contributed by atoms with Crippen LogP contribution in [0.15, 0.2) is 36.5 Å². The van der Waals surface area contributed by atoms with Gasteiger partial charge >= 0.3 is 0 Å². The fourth-order valence-electron chi connectivity index (χ4n) is 1.66. The second kappa shape index (κ2) is 6.75. The third kappa shape index (κ3) is 4.08. The molecule has 0 aliphatic heterocycles. The predicted octanol–water partition coefficient (Wildman–Crippen LogP) is 2.04. The topological polar surface area (TPSA) is 71.1 Å². The largest absolute Gasteiger partial charge is 0.343 e. The van der Waals surface area contributed by atoms with E-state index < -0.39 is 23.4 Å². The van der Waals surface area contributed by atoms with Gasteiger partial charge in [0.1, 0.15) is 17.5 Å². The Kier molecular flexibility index (Phi) is 4.77. The van der Waals surface area contributed by atoms with Gasteiger partial charge < -0.3 is 10.6 Å². The van der Waals surface area contributed by atoms with E-state index in [1.807, 2.05) is 6.92 Å². The van der Waals surface area contributed by atoms with E-state index in [1.54, 1.807) is 18.3 Å². The molecule has 22 heavy (non-hydrogen) atoms. The van der Waals surface area contributed by atoms with Gasteiger partial charge in [-0.1, -0.05) is 6.07 Å². The molecule has 2 N–H and O–H groups in total. The number of nitrogens with zero attached hydrogens (tertiary/aromatic N) is 1. The van der Waals surface area contributed by atoms with Crippen molar-refractivity contribution in [1.82, 2.24) is 10.3 Å². The standard InChI is InChI=1S/C15H13F2N3O2/c1-9-2-5-13(18-7-9)20-14(21)8-19-15(22)11-4-3-10(16)6-12(11)17/h2-7H,8H2,1H3,(H,19,22)(H,18,20,21). The quantitative estimate of drug-likeness (QED) is 0.908. The Labute approximate surface area is 125 Å². The van der Waals surface area contributed by atoms with Crippen LogP contribution in [0.5, 0.6) is 0 Å². The first-order chi connectivity index (χ1) is 10.5. The normalized spacial score (nSPS) is 10.1. The minimum Gasteiger partial charge on any atom is -0.343 e. The summed E-state index contributed by atoms with van der Waals surface area (Å²) in [5.74, 6) is -2.73. The molecule has 0 fully saturated rings. The number of carbonyl (C=O) groups excluding carboxylic acids is 2. The number of aryl methyl sites for hydroxylation is 1. The van der Waals surface area contributed by atoms with Crippen molar-refractivity contribution in [2.45, 2.75) is 6.92 Å². The van der Waals surface area contributed by atoms with Crippen molar-refractivity contribution in [3.05, 3.63) is 59.3 Å². The molecule has 0 saturated heterocycles. The minimum atomic E-state index is -0.988. The number of hydrogen-bond donors (Lipinski definition) is 2. The van der Waals surface area contributed by atoms with Crippen LogP contribution in [0, 0.1) is 18.6 Å². The van der Waals surface area contributed by atoms with E-state index in [-0.39, 0.29) is 12.1 Å². The Morgan fingerprint density at radius 2 is 1.95 bits per heavy atom. The van der Waals surface area contributed by atoms with Gasteiger partial charge in [-0.2, -0.15) is 0 Å². The molecule has 1 heterocycles. The monoisotopic (exact) mass is 305 g/mol. The molecule has 5 nitrogen and oxygen atoms in total. The highest BCUT2D eigenvalue weighted by atomic mass is 19.1. The molecule has 2 aromatic rings. The highest BCUT2D eigenvalue weighted by Crippen LogP contribution is 2.09. The molecule has 0 spiro atoms. The van der Waals surface area contributed by atoms with E-state index in [4.69, 9.17) is 0 Å². The summed E-state index contributed by atoms with van der Waals surface area (Å²) in [6.45, 7) is 1.50. The molecule has 0 aliphatic rings. The van der Waals surface area contributed by atoms with Crippen molar-refractivity contribution >= 4 is 17.6 Å². The second-order valence-corrected chi connectivity index (χ2v) is 4.58. The Morgan fingerprint density at radius 1 is 1.18 bits per heavy atom. The molecule has 7 heteroatoms. The lowest BCUT2D eigenvalue weighted by molar-refractivity contribution is -0.115. The van der Waals surface area contributed by atoms with Crippen molar-refractivity contribution in [2.24, 2.45) is 0 Å². The molecule has 0 radical (unpaired) electrons. The zero-order valence-corrected chi connectivity index (χ0v) is 11.7. The molecular formula is C15H13F2N3O2. The Balaban J connectivity index is 1.90. The summed E-state index contributed by atoms with van der Waals surface area (Å²) in [5, 5.41) is 4.73. The van der Waals surface area contributed by atoms with E-state index in [2.05, 4.69) is 15.6 Å². The maximum Gasteiger partial charge on any atom is 0.254 e. The summed E-state index contributed by atoms with van der Waals surface area (Å²) >= 11 is 0. The zero-order valence-electron chi connectivity index (χ0n) is 11.7. The maximum absolute atomic E-state index is 13.4. The fraction of sp³-hybridized carbons (Fsp3) is 0.133. The van der Waals surface area contributed by atoms with Gasteiger partial charge in [0.05, 0.1) is 12.1 Å². The smallest absolute Gasteiger partial charge is 0.254 e. The molecule has 114 valence electrons. The molecule has 0 unspecified atom stereocenters. The van der Waals surface area contributed by atoms with Gasteiger partial charge in [-0.05, 0) is 30.7 Å².